The van der Waals surface area contributed by atoms with Crippen LogP contribution in [0.5, 0.6) is 0 Å². The number of nitrogens with one attached hydrogen (secondary N) is 1. The first-order valence-electron chi connectivity index (χ1n) is 5.23. The average molecular weight is 318 g/mol. The highest BCUT2D eigenvalue weighted by molar-refractivity contribution is 7.91. The van der Waals surface area contributed by atoms with Crippen molar-refractivity contribution in [3.8, 4) is 0 Å². The van der Waals surface area contributed by atoms with Gasteiger partial charge < -0.3 is 5.32 Å². The fraction of sp³-hybridized carbons (Fsp3) is 0.0909. The molecule has 1 amide bonds. The van der Waals surface area contributed by atoms with Crippen molar-refractivity contribution in [3.05, 3.63) is 40.8 Å². The van der Waals surface area contributed by atoms with Crippen LogP contribution in [0, 0.1) is 0 Å². The number of alkyl halides is 2. The lowest BCUT2D eigenvalue weighted by Gasteiger charge is -2.06. The van der Waals surface area contributed by atoms with Crippen LogP contribution in [-0.4, -0.2) is 25.1 Å². The molecule has 2 aromatic rings. The molecular formula is C11H8F2N2O3S2. The number of benzene rings is 1. The van der Waals surface area contributed by atoms with Gasteiger partial charge >= 0.3 is 5.76 Å². The number of carbonyl (C=O) groups is 1. The Morgan fingerprint density at radius 3 is 2.40 bits per heavy atom. The van der Waals surface area contributed by atoms with Gasteiger partial charge in [-0.15, -0.1) is 11.3 Å². The van der Waals surface area contributed by atoms with Crippen LogP contribution in [0.2, 0.25) is 0 Å². The van der Waals surface area contributed by atoms with Gasteiger partial charge in [0, 0.05) is 11.1 Å². The summed E-state index contributed by atoms with van der Waals surface area (Å²) in [4.78, 5) is 15.0. The van der Waals surface area contributed by atoms with Crippen molar-refractivity contribution in [2.24, 2.45) is 0 Å². The van der Waals surface area contributed by atoms with Gasteiger partial charge in [0.25, 0.3) is 5.91 Å². The number of aromatic nitrogens is 1. The molecule has 0 spiro atoms. The van der Waals surface area contributed by atoms with Crippen LogP contribution in [0.15, 0.2) is 40.1 Å². The van der Waals surface area contributed by atoms with Crippen molar-refractivity contribution < 1.29 is 22.0 Å². The normalized spacial score (nSPS) is 11.6. The molecule has 0 fully saturated rings. The molecule has 1 N–H and O–H groups in total. The third-order valence-corrected chi connectivity index (χ3v) is 4.33. The zero-order valence-corrected chi connectivity index (χ0v) is 11.4. The number of hydrogen-bond acceptors (Lipinski definition) is 5. The number of rotatable bonds is 4. The van der Waals surface area contributed by atoms with Gasteiger partial charge in [0.15, 0.2) is 0 Å². The molecular weight excluding hydrogens is 310 g/mol. The first-order chi connectivity index (χ1) is 9.41. The maximum Gasteiger partial charge on any atom is 0.341 e. The number of sulfone groups is 1. The Labute approximate surface area is 117 Å². The van der Waals surface area contributed by atoms with E-state index >= 15 is 0 Å². The topological polar surface area (TPSA) is 76.1 Å². The molecule has 5 nitrogen and oxygen atoms in total. The van der Waals surface area contributed by atoms with E-state index < -0.39 is 26.4 Å². The highest BCUT2D eigenvalue weighted by Gasteiger charge is 2.26. The minimum absolute atomic E-state index is 0.222. The summed E-state index contributed by atoms with van der Waals surface area (Å²) in [5.74, 6) is -3.94. The third-order valence-electron chi connectivity index (χ3n) is 2.34. The van der Waals surface area contributed by atoms with Gasteiger partial charge in [-0.3, -0.25) is 4.79 Å². The quantitative estimate of drug-likeness (QED) is 0.939. The molecule has 0 aliphatic heterocycles. The molecule has 0 aliphatic carbocycles. The Bertz CT molecular complexity index is 698. The van der Waals surface area contributed by atoms with E-state index in [4.69, 9.17) is 0 Å². The molecule has 0 saturated carbocycles. The second-order valence-corrected chi connectivity index (χ2v) is 6.29. The molecule has 0 atom stereocenters. The fourth-order valence-electron chi connectivity index (χ4n) is 1.35. The SMILES string of the molecule is O=C(Nc1ccc(S(=O)(=O)C(F)F)cc1)c1cscn1. The molecule has 1 aromatic carbocycles. The number of hydrogen-bond donors (Lipinski definition) is 1. The number of carbonyl (C=O) groups excluding carboxylic acids is 1. The molecule has 9 heteroatoms. The van der Waals surface area contributed by atoms with Gasteiger partial charge in [-0.05, 0) is 24.3 Å². The van der Waals surface area contributed by atoms with Crippen molar-refractivity contribution in [1.82, 2.24) is 4.98 Å². The smallest absolute Gasteiger partial charge is 0.321 e. The summed E-state index contributed by atoms with van der Waals surface area (Å²) >= 11 is 1.25. The number of halogens is 2. The first kappa shape index (κ1) is 14.5. The average Bonchev–Trinajstić information content (AvgIpc) is 2.93. The summed E-state index contributed by atoms with van der Waals surface area (Å²) in [6.07, 6.45) is 0. The largest absolute Gasteiger partial charge is 0.341 e. The van der Waals surface area contributed by atoms with Gasteiger partial charge in [-0.25, -0.2) is 13.4 Å². The summed E-state index contributed by atoms with van der Waals surface area (Å²) in [6.45, 7) is 0. The lowest BCUT2D eigenvalue weighted by atomic mass is 10.3. The van der Waals surface area contributed by atoms with Gasteiger partial charge in [0.2, 0.25) is 9.84 Å². The van der Waals surface area contributed by atoms with E-state index in [1.165, 1.54) is 29.0 Å². The molecule has 0 radical (unpaired) electrons. The van der Waals surface area contributed by atoms with Crippen LogP contribution >= 0.6 is 11.3 Å². The predicted octanol–water partition coefficient (Wildman–Crippen LogP) is 2.39. The summed E-state index contributed by atoms with van der Waals surface area (Å²) in [7, 11) is -4.62. The van der Waals surface area contributed by atoms with Crippen LogP contribution in [0.4, 0.5) is 14.5 Å². The molecule has 2 rings (SSSR count). The van der Waals surface area contributed by atoms with E-state index in [0.29, 0.717) is 0 Å². The number of amides is 1. The molecule has 1 heterocycles. The van der Waals surface area contributed by atoms with Crippen LogP contribution in [0.3, 0.4) is 0 Å². The monoisotopic (exact) mass is 318 g/mol. The Morgan fingerprint density at radius 1 is 1.25 bits per heavy atom. The van der Waals surface area contributed by atoms with Crippen LogP contribution in [0.25, 0.3) is 0 Å². The van der Waals surface area contributed by atoms with Gasteiger partial charge in [0.05, 0.1) is 10.4 Å². The highest BCUT2D eigenvalue weighted by atomic mass is 32.2. The van der Waals surface area contributed by atoms with Gasteiger partial charge in [-0.1, -0.05) is 0 Å². The zero-order chi connectivity index (χ0) is 14.8. The van der Waals surface area contributed by atoms with Crippen molar-refractivity contribution in [1.29, 1.82) is 0 Å². The van der Waals surface area contributed by atoms with Gasteiger partial charge in [-0.2, -0.15) is 8.78 Å². The van der Waals surface area contributed by atoms with Crippen molar-refractivity contribution in [2.75, 3.05) is 5.32 Å². The minimum Gasteiger partial charge on any atom is -0.321 e. The van der Waals surface area contributed by atoms with E-state index in [0.717, 1.165) is 12.1 Å². The molecule has 20 heavy (non-hydrogen) atoms. The second-order valence-electron chi connectivity index (χ2n) is 3.66. The molecule has 0 unspecified atom stereocenters. The first-order valence-corrected chi connectivity index (χ1v) is 7.72. The van der Waals surface area contributed by atoms with Crippen LogP contribution < -0.4 is 5.32 Å². The van der Waals surface area contributed by atoms with E-state index in [2.05, 4.69) is 10.3 Å². The van der Waals surface area contributed by atoms with E-state index in [1.54, 1.807) is 5.38 Å². The zero-order valence-electron chi connectivity index (χ0n) is 9.79. The fourth-order valence-corrected chi connectivity index (χ4v) is 2.60. The Kier molecular flexibility index (Phi) is 4.09. The number of nitrogens with zero attached hydrogens (tertiary/aromatic N) is 1. The van der Waals surface area contributed by atoms with Crippen molar-refractivity contribution >= 4 is 32.8 Å². The molecule has 0 bridgehead atoms. The summed E-state index contributed by atoms with van der Waals surface area (Å²) < 4.78 is 47.1. The minimum atomic E-state index is -4.62. The number of thiazole rings is 1. The molecule has 0 saturated heterocycles. The third kappa shape index (κ3) is 2.99. The molecule has 106 valence electrons. The lowest BCUT2D eigenvalue weighted by Crippen LogP contribution is -2.13. The van der Waals surface area contributed by atoms with Crippen molar-refractivity contribution in [2.45, 2.75) is 10.7 Å². The maximum absolute atomic E-state index is 12.3. The van der Waals surface area contributed by atoms with Crippen molar-refractivity contribution in [3.63, 3.8) is 0 Å². The second kappa shape index (κ2) is 5.63. The summed E-state index contributed by atoms with van der Waals surface area (Å²) in [5.41, 5.74) is 2.00. The van der Waals surface area contributed by atoms with E-state index in [-0.39, 0.29) is 11.4 Å². The molecule has 1 aromatic heterocycles. The predicted molar refractivity (Wildman–Crippen MR) is 69.7 cm³/mol. The lowest BCUT2D eigenvalue weighted by molar-refractivity contribution is 0.102. The Morgan fingerprint density at radius 2 is 1.90 bits per heavy atom. The van der Waals surface area contributed by atoms with Crippen LogP contribution in [-0.2, 0) is 9.84 Å². The number of anilines is 1. The van der Waals surface area contributed by atoms with Gasteiger partial charge in [0.1, 0.15) is 5.69 Å². The van der Waals surface area contributed by atoms with E-state index in [1.807, 2.05) is 0 Å². The summed E-state index contributed by atoms with van der Waals surface area (Å²) in [5, 5.41) is 4.02. The van der Waals surface area contributed by atoms with E-state index in [9.17, 15) is 22.0 Å². The highest BCUT2D eigenvalue weighted by Crippen LogP contribution is 2.20. The summed E-state index contributed by atoms with van der Waals surface area (Å²) in [6, 6.07) is 4.50. The van der Waals surface area contributed by atoms with Crippen LogP contribution in [0.1, 0.15) is 10.5 Å². The molecule has 0 aliphatic rings. The Hall–Kier alpha value is -1.87. The standard InChI is InChI=1S/C11H8F2N2O3S2/c12-11(13)20(17,18)8-3-1-7(2-4-8)15-10(16)9-5-19-6-14-9/h1-6,11H,(H,15,16). The Balaban J connectivity index is 2.15. The maximum atomic E-state index is 12.3.